The molecule has 0 spiro atoms. The van der Waals surface area contributed by atoms with Gasteiger partial charge in [0.15, 0.2) is 0 Å². The van der Waals surface area contributed by atoms with Gasteiger partial charge in [0.1, 0.15) is 0 Å². The van der Waals surface area contributed by atoms with Gasteiger partial charge in [-0.1, -0.05) is 11.6 Å². The Bertz CT molecular complexity index is 360. The molecule has 0 unspecified atom stereocenters. The molecule has 0 aromatic carbocycles. The second kappa shape index (κ2) is 6.30. The molecule has 0 aliphatic carbocycles. The van der Waals surface area contributed by atoms with Gasteiger partial charge in [-0.3, -0.25) is 4.98 Å². The molecule has 1 amide bonds. The first-order valence-electron chi connectivity index (χ1n) is 4.85. The fraction of sp³-hybridized carbons (Fsp3) is 0.400. The number of rotatable bonds is 5. The van der Waals surface area contributed by atoms with Crippen molar-refractivity contribution in [2.24, 2.45) is 0 Å². The summed E-state index contributed by atoms with van der Waals surface area (Å²) in [4.78, 5) is 15.8. The van der Waals surface area contributed by atoms with Crippen LogP contribution in [0.4, 0.5) is 4.79 Å². The number of amides is 1. The topological polar surface area (TPSA) is 65.5 Å². The van der Waals surface area contributed by atoms with E-state index in [1.54, 1.807) is 18.3 Å². The largest absolute Gasteiger partial charge is 0.465 e. The van der Waals surface area contributed by atoms with Crippen LogP contribution in [0.2, 0.25) is 5.02 Å². The Morgan fingerprint density at radius 2 is 2.44 bits per heavy atom. The summed E-state index contributed by atoms with van der Waals surface area (Å²) in [5, 5.41) is 12.3. The van der Waals surface area contributed by atoms with E-state index in [0.717, 1.165) is 5.69 Å². The van der Waals surface area contributed by atoms with Crippen LogP contribution in [0.1, 0.15) is 5.69 Å². The lowest BCUT2D eigenvalue weighted by atomic mass is 10.3. The zero-order valence-electron chi connectivity index (χ0n) is 8.98. The predicted molar refractivity (Wildman–Crippen MR) is 61.6 cm³/mol. The minimum Gasteiger partial charge on any atom is -0.465 e. The van der Waals surface area contributed by atoms with Crippen molar-refractivity contribution in [2.75, 3.05) is 20.1 Å². The van der Waals surface area contributed by atoms with Crippen molar-refractivity contribution in [2.45, 2.75) is 6.54 Å². The second-order valence-corrected chi connectivity index (χ2v) is 3.72. The van der Waals surface area contributed by atoms with Crippen LogP contribution in [0.15, 0.2) is 18.3 Å². The van der Waals surface area contributed by atoms with Crippen molar-refractivity contribution in [1.82, 2.24) is 15.2 Å². The van der Waals surface area contributed by atoms with E-state index in [9.17, 15) is 4.79 Å². The number of hydrogen-bond donors (Lipinski definition) is 2. The van der Waals surface area contributed by atoms with Crippen molar-refractivity contribution >= 4 is 17.7 Å². The fourth-order valence-electron chi connectivity index (χ4n) is 1.10. The van der Waals surface area contributed by atoms with E-state index < -0.39 is 6.09 Å². The van der Waals surface area contributed by atoms with Gasteiger partial charge in [-0.05, 0) is 12.1 Å². The number of halogens is 1. The van der Waals surface area contributed by atoms with Gasteiger partial charge in [-0.15, -0.1) is 0 Å². The molecule has 0 fully saturated rings. The molecule has 0 saturated carbocycles. The number of nitrogens with zero attached hydrogens (tertiary/aromatic N) is 2. The highest BCUT2D eigenvalue weighted by molar-refractivity contribution is 6.31. The zero-order valence-corrected chi connectivity index (χ0v) is 9.74. The minimum absolute atomic E-state index is 0.430. The third-order valence-electron chi connectivity index (χ3n) is 2.08. The van der Waals surface area contributed by atoms with Crippen molar-refractivity contribution < 1.29 is 9.90 Å². The monoisotopic (exact) mass is 243 g/mol. The first kappa shape index (κ1) is 12.7. The van der Waals surface area contributed by atoms with E-state index in [1.807, 2.05) is 0 Å². The van der Waals surface area contributed by atoms with Crippen LogP contribution >= 0.6 is 11.6 Å². The average Bonchev–Trinajstić information content (AvgIpc) is 2.26. The second-order valence-electron chi connectivity index (χ2n) is 3.31. The summed E-state index contributed by atoms with van der Waals surface area (Å²) in [7, 11) is 1.53. The fourth-order valence-corrected chi connectivity index (χ4v) is 1.29. The summed E-state index contributed by atoms with van der Waals surface area (Å²) in [5.74, 6) is 0. The Balaban J connectivity index is 2.26. The number of likely N-dealkylation sites (N-methyl/N-ethyl adjacent to an activating group) is 1. The van der Waals surface area contributed by atoms with Crippen molar-refractivity contribution in [3.63, 3.8) is 0 Å². The standard InChI is InChI=1S/C10H14ClN3O2/c1-14(10(15)16)6-5-12-7-9-8(11)3-2-4-13-9/h2-4,12H,5-7H2,1H3,(H,15,16). The Hall–Kier alpha value is -1.33. The molecule has 0 atom stereocenters. The molecule has 88 valence electrons. The van der Waals surface area contributed by atoms with Gasteiger partial charge in [0.25, 0.3) is 0 Å². The highest BCUT2D eigenvalue weighted by Gasteiger charge is 2.04. The molecule has 1 aromatic rings. The molecule has 1 rings (SSSR count). The Morgan fingerprint density at radius 1 is 1.69 bits per heavy atom. The normalized spacial score (nSPS) is 10.1. The lowest BCUT2D eigenvalue weighted by Crippen LogP contribution is -2.32. The summed E-state index contributed by atoms with van der Waals surface area (Å²) in [6.07, 6.45) is 0.740. The smallest absolute Gasteiger partial charge is 0.407 e. The van der Waals surface area contributed by atoms with E-state index in [2.05, 4.69) is 10.3 Å². The number of carbonyl (C=O) groups is 1. The maximum atomic E-state index is 10.5. The van der Waals surface area contributed by atoms with Gasteiger partial charge in [0, 0.05) is 32.9 Å². The molecule has 0 radical (unpaired) electrons. The first-order chi connectivity index (χ1) is 7.61. The van der Waals surface area contributed by atoms with Gasteiger partial charge >= 0.3 is 6.09 Å². The molecule has 6 heteroatoms. The number of aromatic nitrogens is 1. The Kier molecular flexibility index (Phi) is 5.01. The summed E-state index contributed by atoms with van der Waals surface area (Å²) in [6, 6.07) is 3.54. The van der Waals surface area contributed by atoms with Gasteiger partial charge in [0.05, 0.1) is 10.7 Å². The highest BCUT2D eigenvalue weighted by Crippen LogP contribution is 2.11. The molecular formula is C10H14ClN3O2. The maximum absolute atomic E-state index is 10.5. The van der Waals surface area contributed by atoms with Crippen molar-refractivity contribution in [3.8, 4) is 0 Å². The number of hydrogen-bond acceptors (Lipinski definition) is 3. The maximum Gasteiger partial charge on any atom is 0.407 e. The lowest BCUT2D eigenvalue weighted by molar-refractivity contribution is 0.156. The predicted octanol–water partition coefficient (Wildman–Crippen LogP) is 1.43. The summed E-state index contributed by atoms with van der Waals surface area (Å²) in [6.45, 7) is 1.53. The number of carboxylic acid groups (broad SMARTS) is 1. The lowest BCUT2D eigenvalue weighted by Gasteiger charge is -2.13. The number of pyridine rings is 1. The van der Waals surface area contributed by atoms with Crippen molar-refractivity contribution in [1.29, 1.82) is 0 Å². The molecule has 1 heterocycles. The van der Waals surface area contributed by atoms with Crippen LogP contribution in [-0.2, 0) is 6.54 Å². The van der Waals surface area contributed by atoms with Crippen LogP contribution < -0.4 is 5.32 Å². The van der Waals surface area contributed by atoms with Gasteiger partial charge in [0.2, 0.25) is 0 Å². The van der Waals surface area contributed by atoms with Crippen LogP contribution in [-0.4, -0.2) is 41.2 Å². The van der Waals surface area contributed by atoms with Gasteiger partial charge < -0.3 is 15.3 Å². The van der Waals surface area contributed by atoms with E-state index in [1.165, 1.54) is 11.9 Å². The first-order valence-corrected chi connectivity index (χ1v) is 5.23. The SMILES string of the molecule is CN(CCNCc1ncccc1Cl)C(=O)O. The van der Waals surface area contributed by atoms with E-state index >= 15 is 0 Å². The van der Waals surface area contributed by atoms with E-state index in [4.69, 9.17) is 16.7 Å². The average molecular weight is 244 g/mol. The summed E-state index contributed by atoms with van der Waals surface area (Å²) >= 11 is 5.91. The van der Waals surface area contributed by atoms with Gasteiger partial charge in [-0.25, -0.2) is 4.79 Å². The Labute approximate surface area is 99.0 Å². The minimum atomic E-state index is -0.933. The van der Waals surface area contributed by atoms with Crippen LogP contribution in [0.25, 0.3) is 0 Å². The number of nitrogens with one attached hydrogen (secondary N) is 1. The molecule has 0 aliphatic heterocycles. The molecule has 5 nitrogen and oxygen atoms in total. The molecule has 0 aliphatic rings. The highest BCUT2D eigenvalue weighted by atomic mass is 35.5. The molecule has 16 heavy (non-hydrogen) atoms. The Morgan fingerprint density at radius 3 is 3.06 bits per heavy atom. The van der Waals surface area contributed by atoms with Crippen molar-refractivity contribution in [3.05, 3.63) is 29.0 Å². The van der Waals surface area contributed by atoms with E-state index in [0.29, 0.717) is 24.7 Å². The quantitative estimate of drug-likeness (QED) is 0.768. The van der Waals surface area contributed by atoms with Crippen LogP contribution in [0.5, 0.6) is 0 Å². The van der Waals surface area contributed by atoms with E-state index in [-0.39, 0.29) is 0 Å². The zero-order chi connectivity index (χ0) is 12.0. The molecule has 0 bridgehead atoms. The summed E-state index contributed by atoms with van der Waals surface area (Å²) < 4.78 is 0. The van der Waals surface area contributed by atoms with Crippen LogP contribution in [0.3, 0.4) is 0 Å². The summed E-state index contributed by atoms with van der Waals surface area (Å²) in [5.41, 5.74) is 0.766. The van der Waals surface area contributed by atoms with Gasteiger partial charge in [-0.2, -0.15) is 0 Å². The molecular weight excluding hydrogens is 230 g/mol. The molecule has 1 aromatic heterocycles. The van der Waals surface area contributed by atoms with Crippen LogP contribution in [0, 0.1) is 0 Å². The molecule has 0 saturated heterocycles. The molecule has 2 N–H and O–H groups in total. The third kappa shape index (κ3) is 4.04. The third-order valence-corrected chi connectivity index (χ3v) is 2.42.